The first kappa shape index (κ1) is 24.5. The minimum absolute atomic E-state index is 0.00588. The van der Waals surface area contributed by atoms with Crippen molar-refractivity contribution in [3.63, 3.8) is 0 Å². The van der Waals surface area contributed by atoms with E-state index >= 15 is 0 Å². The number of aliphatic hydroxyl groups is 1. The van der Waals surface area contributed by atoms with Crippen LogP contribution in [-0.2, 0) is 28.6 Å². The number of rotatable bonds is 8. The predicted octanol–water partition coefficient (Wildman–Crippen LogP) is 3.32. The Labute approximate surface area is 171 Å². The van der Waals surface area contributed by atoms with Gasteiger partial charge in [-0.1, -0.05) is 0 Å². The molecule has 0 aromatic heterocycles. The molecule has 0 saturated carbocycles. The summed E-state index contributed by atoms with van der Waals surface area (Å²) in [7, 11) is 0. The Morgan fingerprint density at radius 2 is 1.54 bits per heavy atom. The molecule has 0 bridgehead atoms. The van der Waals surface area contributed by atoms with Crippen LogP contribution in [0.4, 0.5) is 0 Å². The van der Waals surface area contributed by atoms with Gasteiger partial charge in [0.15, 0.2) is 0 Å². The number of ether oxygens (including phenoxy) is 3. The van der Waals surface area contributed by atoms with Crippen LogP contribution < -0.4 is 0 Å². The number of allylic oxidation sites excluding steroid dienone is 2. The summed E-state index contributed by atoms with van der Waals surface area (Å²) < 4.78 is 17.6. The van der Waals surface area contributed by atoms with Crippen molar-refractivity contribution in [1.29, 1.82) is 0 Å². The Balaban J connectivity index is 3.69. The zero-order valence-corrected chi connectivity index (χ0v) is 20.5. The van der Waals surface area contributed by atoms with Gasteiger partial charge in [-0.2, -0.15) is 0 Å². The third-order valence-electron chi connectivity index (χ3n) is 4.47. The van der Waals surface area contributed by atoms with E-state index in [1.54, 1.807) is 26.8 Å². The molecular formula is C20H32O7Sn. The second kappa shape index (κ2) is 10.3. The molecule has 158 valence electrons. The molecule has 0 saturated heterocycles. The monoisotopic (exact) mass is 504 g/mol. The minimum atomic E-state index is -2.51. The summed E-state index contributed by atoms with van der Waals surface area (Å²) in [6.07, 6.45) is 1.68. The van der Waals surface area contributed by atoms with Gasteiger partial charge in [-0.3, -0.25) is 0 Å². The van der Waals surface area contributed by atoms with E-state index < -0.39 is 47.6 Å². The van der Waals surface area contributed by atoms with Crippen LogP contribution in [0.15, 0.2) is 21.5 Å². The van der Waals surface area contributed by atoms with Crippen molar-refractivity contribution >= 4 is 36.3 Å². The number of esters is 3. The summed E-state index contributed by atoms with van der Waals surface area (Å²) in [5, 5.41) is 10.5. The van der Waals surface area contributed by atoms with Crippen LogP contribution in [0.2, 0.25) is 14.8 Å². The Morgan fingerprint density at radius 1 is 1.04 bits per heavy atom. The van der Waals surface area contributed by atoms with Crippen LogP contribution >= 0.6 is 0 Å². The van der Waals surface area contributed by atoms with Crippen molar-refractivity contribution in [3.8, 4) is 0 Å². The number of carbonyl (C=O) groups is 3. The summed E-state index contributed by atoms with van der Waals surface area (Å²) in [5.74, 6) is -3.41. The number of aliphatic hydroxyl groups excluding tert-OH is 1. The second-order valence-corrected chi connectivity index (χ2v) is 22.2. The van der Waals surface area contributed by atoms with Crippen molar-refractivity contribution in [2.45, 2.75) is 48.4 Å². The Hall–Kier alpha value is -1.51. The van der Waals surface area contributed by atoms with Crippen LogP contribution in [0.5, 0.6) is 0 Å². The first-order valence-corrected chi connectivity index (χ1v) is 19.9. The third kappa shape index (κ3) is 5.52. The van der Waals surface area contributed by atoms with Gasteiger partial charge in [-0.15, -0.1) is 0 Å². The van der Waals surface area contributed by atoms with E-state index in [1.165, 1.54) is 0 Å². The van der Waals surface area contributed by atoms with Crippen LogP contribution in [0.25, 0.3) is 0 Å². The molecule has 0 aromatic rings. The average molecular weight is 503 g/mol. The first-order valence-electron chi connectivity index (χ1n) is 9.68. The topological polar surface area (TPSA) is 99.1 Å². The fourth-order valence-electron chi connectivity index (χ4n) is 3.19. The summed E-state index contributed by atoms with van der Waals surface area (Å²) >= 11 is -2.51. The molecule has 1 rings (SSSR count). The van der Waals surface area contributed by atoms with E-state index in [9.17, 15) is 19.5 Å². The molecule has 1 aliphatic carbocycles. The van der Waals surface area contributed by atoms with E-state index in [-0.39, 0.29) is 44.0 Å². The maximum absolute atomic E-state index is 13.0. The summed E-state index contributed by atoms with van der Waals surface area (Å²) in [5.41, 5.74) is -1.80. The van der Waals surface area contributed by atoms with E-state index in [4.69, 9.17) is 14.2 Å². The quantitative estimate of drug-likeness (QED) is 0.235. The van der Waals surface area contributed by atoms with Crippen molar-refractivity contribution in [3.05, 3.63) is 21.5 Å². The predicted molar refractivity (Wildman–Crippen MR) is 107 cm³/mol. The SMILES string of the molecule is CCOC(=O)C1=C(O)CCC(C(=O)OCC)(C(=O)OCC)C1/C=[CH]\[Sn]([CH3])([CH3])[CH3]. The van der Waals surface area contributed by atoms with Crippen LogP contribution in [0.3, 0.4) is 0 Å². The molecule has 7 nitrogen and oxygen atoms in total. The molecule has 1 N–H and O–H groups in total. The normalized spacial score (nSPS) is 19.4. The van der Waals surface area contributed by atoms with Gasteiger partial charge in [0.25, 0.3) is 0 Å². The Bertz CT molecular complexity index is 640. The standard InChI is InChI=1S/C17H23O7.3CH3.Sn/c1-5-11-13(14(19)22-6-2)12(18)9-10-17(11,15(20)23-7-3)16(21)24-8-4;;;;/h1,5,11,18H,6-10H2,2-4H3;3*1H3;. The molecule has 8 heteroatoms. The molecule has 0 heterocycles. The number of hydrogen-bond acceptors (Lipinski definition) is 7. The molecular weight excluding hydrogens is 471 g/mol. The molecule has 1 atom stereocenters. The van der Waals surface area contributed by atoms with Gasteiger partial charge in [-0.25, -0.2) is 0 Å². The van der Waals surface area contributed by atoms with Gasteiger partial charge in [-0.05, 0) is 0 Å². The fourth-order valence-corrected chi connectivity index (χ4v) is 5.39. The number of carbonyl (C=O) groups excluding carboxylic acids is 3. The van der Waals surface area contributed by atoms with Crippen LogP contribution in [0, 0.1) is 11.3 Å². The first-order chi connectivity index (χ1) is 13.0. The summed E-state index contributed by atoms with van der Waals surface area (Å²) in [4.78, 5) is 45.1. The molecule has 28 heavy (non-hydrogen) atoms. The Morgan fingerprint density at radius 3 is 1.96 bits per heavy atom. The van der Waals surface area contributed by atoms with Crippen molar-refractivity contribution < 1.29 is 33.7 Å². The van der Waals surface area contributed by atoms with Gasteiger partial charge in [0.1, 0.15) is 0 Å². The molecule has 1 unspecified atom stereocenters. The second-order valence-electron chi connectivity index (χ2n) is 7.70. The summed E-state index contributed by atoms with van der Waals surface area (Å²) in [6.45, 7) is 5.22. The van der Waals surface area contributed by atoms with E-state index in [2.05, 4.69) is 14.8 Å². The van der Waals surface area contributed by atoms with Gasteiger partial charge in [0, 0.05) is 0 Å². The van der Waals surface area contributed by atoms with E-state index in [1.807, 2.05) is 4.09 Å². The molecule has 0 aromatic carbocycles. The average Bonchev–Trinajstić information content (AvgIpc) is 2.59. The molecule has 0 radical (unpaired) electrons. The van der Waals surface area contributed by atoms with Crippen LogP contribution in [-0.4, -0.2) is 61.2 Å². The molecule has 0 spiro atoms. The molecule has 0 amide bonds. The van der Waals surface area contributed by atoms with Gasteiger partial charge >= 0.3 is 171 Å². The Kier molecular flexibility index (Phi) is 9.04. The van der Waals surface area contributed by atoms with E-state index in [0.717, 1.165) is 0 Å². The maximum atomic E-state index is 13.0. The summed E-state index contributed by atoms with van der Waals surface area (Å²) in [6, 6.07) is 0. The molecule has 0 aliphatic heterocycles. The molecule has 0 fully saturated rings. The molecule has 1 aliphatic rings. The zero-order valence-electron chi connectivity index (χ0n) is 17.7. The van der Waals surface area contributed by atoms with Gasteiger partial charge in [0.2, 0.25) is 0 Å². The van der Waals surface area contributed by atoms with Crippen molar-refractivity contribution in [2.24, 2.45) is 11.3 Å². The van der Waals surface area contributed by atoms with Gasteiger partial charge < -0.3 is 0 Å². The van der Waals surface area contributed by atoms with Crippen LogP contribution in [0.1, 0.15) is 33.6 Å². The van der Waals surface area contributed by atoms with Gasteiger partial charge in [0.05, 0.1) is 0 Å². The third-order valence-corrected chi connectivity index (χ3v) is 7.88. The van der Waals surface area contributed by atoms with E-state index in [0.29, 0.717) is 0 Å². The van der Waals surface area contributed by atoms with Crippen molar-refractivity contribution in [1.82, 2.24) is 0 Å². The number of hydrogen-bond donors (Lipinski definition) is 1. The fraction of sp³-hybridized carbons (Fsp3) is 0.650. The zero-order chi connectivity index (χ0) is 21.5. The van der Waals surface area contributed by atoms with Crippen molar-refractivity contribution in [2.75, 3.05) is 19.8 Å².